The van der Waals surface area contributed by atoms with E-state index in [0.29, 0.717) is 0 Å². The number of aromatic nitrogens is 2. The number of hydrogen-bond donors (Lipinski definition) is 0. The first kappa shape index (κ1) is 21.8. The van der Waals surface area contributed by atoms with Crippen LogP contribution in [0.15, 0.2) is 109 Å². The maximum atomic E-state index is 2.32. The molecular formula is C32H30N2+2. The van der Waals surface area contributed by atoms with E-state index in [-0.39, 0.29) is 0 Å². The van der Waals surface area contributed by atoms with Crippen LogP contribution in [0.1, 0.15) is 22.8 Å². The van der Waals surface area contributed by atoms with Crippen molar-refractivity contribution < 1.29 is 9.13 Å². The quantitative estimate of drug-likeness (QED) is 0.270. The molecule has 0 spiro atoms. The summed E-state index contributed by atoms with van der Waals surface area (Å²) in [5.74, 6) is 0. The summed E-state index contributed by atoms with van der Waals surface area (Å²) in [6.07, 6.45) is 0. The Morgan fingerprint density at radius 2 is 0.647 bits per heavy atom. The molecule has 34 heavy (non-hydrogen) atoms. The van der Waals surface area contributed by atoms with Crippen molar-refractivity contribution in [2.24, 2.45) is 0 Å². The molecule has 0 saturated heterocycles. The predicted octanol–water partition coefficient (Wildman–Crippen LogP) is 6.81. The number of hydrogen-bond acceptors (Lipinski definition) is 0. The minimum atomic E-state index is 1.18. The Morgan fingerprint density at radius 1 is 0.353 bits per heavy atom. The van der Waals surface area contributed by atoms with Crippen molar-refractivity contribution in [3.05, 3.63) is 132 Å². The molecule has 2 nitrogen and oxygen atoms in total. The summed E-state index contributed by atoms with van der Waals surface area (Å²) < 4.78 is 4.64. The Morgan fingerprint density at radius 3 is 0.941 bits per heavy atom. The first-order valence-electron chi connectivity index (χ1n) is 11.8. The van der Waals surface area contributed by atoms with Crippen molar-refractivity contribution >= 4 is 0 Å². The SMILES string of the molecule is Cc1cc(-c2ccccc2)cc(C)[n+]1-c1ccc(-[n+]2c(C)cc(-c3ccccc3)cc2C)cc1. The van der Waals surface area contributed by atoms with Gasteiger partial charge in [0, 0.05) is 76.2 Å². The standard InChI is InChI=1S/C32H30N2/c1-23-19-29(27-11-7-5-8-12-27)20-24(2)33(23)31-15-17-32(18-16-31)34-25(3)21-30(22-26(34)4)28-13-9-6-10-14-28/h5-22H,1-4H3/q+2. The average Bonchev–Trinajstić information content (AvgIpc) is 2.85. The molecule has 0 radical (unpaired) electrons. The van der Waals surface area contributed by atoms with Crippen LogP contribution in [0.25, 0.3) is 33.6 Å². The number of benzene rings is 3. The molecule has 0 saturated carbocycles. The van der Waals surface area contributed by atoms with Gasteiger partial charge in [0.05, 0.1) is 0 Å². The molecule has 0 amide bonds. The number of pyridine rings is 2. The van der Waals surface area contributed by atoms with Crippen molar-refractivity contribution in [3.8, 4) is 33.6 Å². The van der Waals surface area contributed by atoms with E-state index in [2.05, 4.69) is 146 Å². The molecule has 0 atom stereocenters. The summed E-state index contributed by atoms with van der Waals surface area (Å²) in [6.45, 7) is 8.72. The van der Waals surface area contributed by atoms with E-state index in [1.807, 2.05) is 0 Å². The van der Waals surface area contributed by atoms with Crippen LogP contribution in [0.4, 0.5) is 0 Å². The summed E-state index contributed by atoms with van der Waals surface area (Å²) in [5.41, 5.74) is 12.2. The molecule has 5 rings (SSSR count). The van der Waals surface area contributed by atoms with Gasteiger partial charge in [0.15, 0.2) is 22.8 Å². The summed E-state index contributed by atoms with van der Waals surface area (Å²) in [4.78, 5) is 0. The second kappa shape index (κ2) is 9.07. The zero-order valence-corrected chi connectivity index (χ0v) is 20.3. The first-order valence-corrected chi connectivity index (χ1v) is 11.8. The minimum Gasteiger partial charge on any atom is -0.162 e. The van der Waals surface area contributed by atoms with Gasteiger partial charge in [-0.15, -0.1) is 0 Å². The van der Waals surface area contributed by atoms with Gasteiger partial charge in [-0.2, -0.15) is 9.13 Å². The highest BCUT2D eigenvalue weighted by Gasteiger charge is 2.20. The molecule has 0 unspecified atom stereocenters. The van der Waals surface area contributed by atoms with Crippen LogP contribution in [0.5, 0.6) is 0 Å². The maximum absolute atomic E-state index is 2.32. The molecule has 0 aliphatic carbocycles. The smallest absolute Gasteiger partial charge is 0.162 e. The Balaban J connectivity index is 1.49. The third-order valence-corrected chi connectivity index (χ3v) is 6.45. The lowest BCUT2D eigenvalue weighted by Crippen LogP contribution is -2.39. The summed E-state index contributed by atoms with van der Waals surface area (Å²) in [5, 5.41) is 0. The topological polar surface area (TPSA) is 7.76 Å². The molecule has 2 aromatic heterocycles. The van der Waals surface area contributed by atoms with E-state index in [1.165, 1.54) is 56.4 Å². The van der Waals surface area contributed by atoms with E-state index >= 15 is 0 Å². The largest absolute Gasteiger partial charge is 0.211 e. The summed E-state index contributed by atoms with van der Waals surface area (Å²) in [6, 6.07) is 39.1. The molecule has 0 bridgehead atoms. The predicted molar refractivity (Wildman–Crippen MR) is 139 cm³/mol. The summed E-state index contributed by atoms with van der Waals surface area (Å²) in [7, 11) is 0. The minimum absolute atomic E-state index is 1.18. The second-order valence-corrected chi connectivity index (χ2v) is 8.97. The van der Waals surface area contributed by atoms with Gasteiger partial charge < -0.3 is 0 Å². The van der Waals surface area contributed by atoms with Crippen molar-refractivity contribution in [3.63, 3.8) is 0 Å². The lowest BCUT2D eigenvalue weighted by molar-refractivity contribution is -0.613. The average molecular weight is 443 g/mol. The second-order valence-electron chi connectivity index (χ2n) is 8.97. The monoisotopic (exact) mass is 442 g/mol. The van der Waals surface area contributed by atoms with Crippen molar-refractivity contribution in [1.82, 2.24) is 0 Å². The highest BCUT2D eigenvalue weighted by molar-refractivity contribution is 5.64. The van der Waals surface area contributed by atoms with Gasteiger partial charge in [-0.3, -0.25) is 0 Å². The molecule has 0 N–H and O–H groups in total. The highest BCUT2D eigenvalue weighted by atomic mass is 15.0. The van der Waals surface area contributed by atoms with Crippen molar-refractivity contribution in [2.75, 3.05) is 0 Å². The summed E-state index contributed by atoms with van der Waals surface area (Å²) >= 11 is 0. The lowest BCUT2D eigenvalue weighted by Gasteiger charge is -2.09. The zero-order valence-electron chi connectivity index (χ0n) is 20.3. The van der Waals surface area contributed by atoms with Crippen LogP contribution in [0.3, 0.4) is 0 Å². The Bertz CT molecular complexity index is 1290. The fourth-order valence-electron chi connectivity index (χ4n) is 4.96. The Labute approximate surface area is 202 Å². The number of aryl methyl sites for hydroxylation is 4. The fourth-order valence-corrected chi connectivity index (χ4v) is 4.96. The molecule has 2 heteroatoms. The molecule has 0 aliphatic rings. The molecule has 3 aromatic carbocycles. The lowest BCUT2D eigenvalue weighted by atomic mass is 10.0. The van der Waals surface area contributed by atoms with Crippen LogP contribution < -0.4 is 9.13 Å². The van der Waals surface area contributed by atoms with Crippen LogP contribution >= 0.6 is 0 Å². The van der Waals surface area contributed by atoms with Gasteiger partial charge in [-0.25, -0.2) is 0 Å². The van der Waals surface area contributed by atoms with Gasteiger partial charge in [0.1, 0.15) is 0 Å². The van der Waals surface area contributed by atoms with E-state index in [0.717, 1.165) is 0 Å². The van der Waals surface area contributed by atoms with Crippen LogP contribution in [-0.2, 0) is 0 Å². The number of nitrogens with zero attached hydrogens (tertiary/aromatic N) is 2. The highest BCUT2D eigenvalue weighted by Crippen LogP contribution is 2.22. The molecule has 0 fully saturated rings. The molecule has 166 valence electrons. The van der Waals surface area contributed by atoms with Gasteiger partial charge in [0.25, 0.3) is 0 Å². The van der Waals surface area contributed by atoms with Crippen LogP contribution in [0.2, 0.25) is 0 Å². The van der Waals surface area contributed by atoms with Crippen molar-refractivity contribution in [2.45, 2.75) is 27.7 Å². The molecule has 2 heterocycles. The third kappa shape index (κ3) is 4.15. The zero-order chi connectivity index (χ0) is 23.7. The van der Waals surface area contributed by atoms with Crippen LogP contribution in [-0.4, -0.2) is 0 Å². The van der Waals surface area contributed by atoms with Gasteiger partial charge in [-0.1, -0.05) is 60.7 Å². The number of rotatable bonds is 4. The molecule has 0 aliphatic heterocycles. The van der Waals surface area contributed by atoms with Gasteiger partial charge >= 0.3 is 0 Å². The third-order valence-electron chi connectivity index (χ3n) is 6.45. The van der Waals surface area contributed by atoms with Gasteiger partial charge in [0.2, 0.25) is 11.4 Å². The normalized spacial score (nSPS) is 10.9. The van der Waals surface area contributed by atoms with Gasteiger partial charge in [-0.05, 0) is 22.3 Å². The Hall–Kier alpha value is -4.04. The maximum Gasteiger partial charge on any atom is 0.211 e. The van der Waals surface area contributed by atoms with E-state index in [9.17, 15) is 0 Å². The van der Waals surface area contributed by atoms with E-state index in [4.69, 9.17) is 0 Å². The fraction of sp³-hybridized carbons (Fsp3) is 0.125. The van der Waals surface area contributed by atoms with Crippen molar-refractivity contribution in [1.29, 1.82) is 0 Å². The first-order chi connectivity index (χ1) is 16.5. The van der Waals surface area contributed by atoms with Crippen LogP contribution in [0, 0.1) is 27.7 Å². The Kier molecular flexibility index (Phi) is 5.81. The van der Waals surface area contributed by atoms with E-state index in [1.54, 1.807) is 0 Å². The van der Waals surface area contributed by atoms with E-state index < -0.39 is 0 Å². The molecule has 5 aromatic rings. The molecular weight excluding hydrogens is 412 g/mol.